The lowest BCUT2D eigenvalue weighted by Gasteiger charge is -2.29. The lowest BCUT2D eigenvalue weighted by Crippen LogP contribution is -2.82. The van der Waals surface area contributed by atoms with Crippen LogP contribution in [0.25, 0.3) is 5.57 Å². The Labute approximate surface area is 216 Å². The molecule has 5 heteroatoms. The maximum atomic E-state index is 12.0. The van der Waals surface area contributed by atoms with Crippen LogP contribution in [0.4, 0.5) is 5.69 Å². The van der Waals surface area contributed by atoms with Crippen molar-refractivity contribution in [2.75, 3.05) is 31.1 Å². The van der Waals surface area contributed by atoms with Crippen LogP contribution in [-0.2, 0) is 0 Å². The van der Waals surface area contributed by atoms with Gasteiger partial charge in [-0.15, -0.1) is 13.2 Å². The number of carboxylic acids is 1. The molecule has 0 fully saturated rings. The molecule has 0 atom stereocenters. The van der Waals surface area contributed by atoms with Crippen molar-refractivity contribution in [3.05, 3.63) is 101 Å². The first-order valence-corrected chi connectivity index (χ1v) is 12.8. The topological polar surface area (TPSA) is 66.4 Å². The molecule has 0 saturated heterocycles. The Kier molecular flexibility index (Phi) is 11.2. The van der Waals surface area contributed by atoms with Crippen molar-refractivity contribution in [3.8, 4) is 5.75 Å². The number of nitrogens with zero attached hydrogens (tertiary/aromatic N) is 1. The van der Waals surface area contributed by atoms with Crippen LogP contribution in [0.5, 0.6) is 5.75 Å². The molecule has 0 saturated carbocycles. The number of nitrogens with two attached hydrogens (primary N) is 1. The maximum absolute atomic E-state index is 12.0. The summed E-state index contributed by atoms with van der Waals surface area (Å²) in [5.74, 6) is 0.644. The van der Waals surface area contributed by atoms with E-state index in [-0.39, 0.29) is 0 Å². The summed E-state index contributed by atoms with van der Waals surface area (Å²) in [4.78, 5) is 14.3. The normalized spacial score (nSPS) is 13.1. The Morgan fingerprint density at radius 1 is 1.03 bits per heavy atom. The number of fused-ring (bicyclic) bond motifs is 2. The molecule has 192 valence electrons. The average molecular weight is 490 g/mol. The highest BCUT2D eigenvalue weighted by molar-refractivity contribution is 6.00. The zero-order chi connectivity index (χ0) is 26.7. The monoisotopic (exact) mass is 489 g/mol. The highest BCUT2D eigenvalue weighted by Crippen LogP contribution is 2.45. The number of hydrogen-bond donors (Lipinski definition) is 2. The molecule has 0 aromatic heterocycles. The quantitative estimate of drug-likeness (QED) is 0.470. The Bertz CT molecular complexity index is 1140. The zero-order valence-electron chi connectivity index (χ0n) is 22.4. The average Bonchev–Trinajstić information content (AvgIpc) is 2.90. The number of rotatable bonds is 7. The van der Waals surface area contributed by atoms with Crippen molar-refractivity contribution in [1.29, 1.82) is 0 Å². The first kappa shape index (κ1) is 28.7. The molecule has 0 unspecified atom stereocenters. The molecule has 3 N–H and O–H groups in total. The summed E-state index contributed by atoms with van der Waals surface area (Å²) in [6.07, 6.45) is 6.97. The summed E-state index contributed by atoms with van der Waals surface area (Å²) in [7, 11) is 0. The fraction of sp³-hybridized carbons (Fsp3) is 0.323. The van der Waals surface area contributed by atoms with Crippen LogP contribution in [0, 0.1) is 6.92 Å². The number of aromatic carboxylic acids is 1. The number of allylic oxidation sites excluding steroid dienone is 3. The fourth-order valence-corrected chi connectivity index (χ4v) is 4.34. The van der Waals surface area contributed by atoms with Crippen LogP contribution >= 0.6 is 0 Å². The number of benzene rings is 2. The second kappa shape index (κ2) is 14.1. The summed E-state index contributed by atoms with van der Waals surface area (Å²) >= 11 is 0. The molecule has 36 heavy (non-hydrogen) atoms. The summed E-state index contributed by atoms with van der Waals surface area (Å²) in [6, 6.07) is 11.8. The van der Waals surface area contributed by atoms with Gasteiger partial charge in [-0.25, -0.2) is 4.79 Å². The number of aryl methyl sites for hydroxylation is 1. The number of hydrogen-bond acceptors (Lipinski definition) is 3. The van der Waals surface area contributed by atoms with E-state index in [0.29, 0.717) is 5.56 Å². The van der Waals surface area contributed by atoms with Gasteiger partial charge in [-0.2, -0.15) is 0 Å². The highest BCUT2D eigenvalue weighted by atomic mass is 16.5. The van der Waals surface area contributed by atoms with Gasteiger partial charge >= 0.3 is 5.97 Å². The molecule has 2 aromatic rings. The molecule has 0 spiro atoms. The van der Waals surface area contributed by atoms with Crippen LogP contribution in [-0.4, -0.2) is 37.3 Å². The number of carbonyl (C=O) groups is 1. The molecular formula is C31H41N2O3+. The molecule has 1 aliphatic heterocycles. The van der Waals surface area contributed by atoms with Crippen molar-refractivity contribution in [2.24, 2.45) is 0 Å². The van der Waals surface area contributed by atoms with Gasteiger partial charge in [-0.3, -0.25) is 0 Å². The lowest BCUT2D eigenvalue weighted by atomic mass is 9.85. The Hall–Kier alpha value is -3.57. The molecule has 0 radical (unpaired) electrons. The molecule has 0 bridgehead atoms. The Morgan fingerprint density at radius 3 is 2.28 bits per heavy atom. The number of ether oxygens (including phenoxy) is 1. The largest absolute Gasteiger partial charge is 0.478 e. The van der Waals surface area contributed by atoms with Gasteiger partial charge in [0.1, 0.15) is 11.5 Å². The molecule has 5 nitrogen and oxygen atoms in total. The van der Waals surface area contributed by atoms with Crippen LogP contribution < -0.4 is 15.0 Å². The molecule has 2 aliphatic rings. The SMILES string of the molecule is C=C.CCN(CC)c1ccc2c(c1)OC1=CCC=CC1=C2c1ccc(C)cc1C(=O)O.CC[NH2+]CC. The predicted molar refractivity (Wildman–Crippen MR) is 151 cm³/mol. The van der Waals surface area contributed by atoms with E-state index in [0.717, 1.165) is 64.5 Å². The van der Waals surface area contributed by atoms with E-state index in [4.69, 9.17) is 4.74 Å². The lowest BCUT2D eigenvalue weighted by molar-refractivity contribution is -0.648. The minimum absolute atomic E-state index is 0.312. The van der Waals surface area contributed by atoms with Crippen molar-refractivity contribution < 1.29 is 20.0 Å². The van der Waals surface area contributed by atoms with E-state index in [1.165, 1.54) is 13.1 Å². The van der Waals surface area contributed by atoms with E-state index in [1.54, 1.807) is 6.07 Å². The van der Waals surface area contributed by atoms with Crippen molar-refractivity contribution in [2.45, 2.75) is 41.0 Å². The van der Waals surface area contributed by atoms with Gasteiger partial charge < -0.3 is 20.1 Å². The van der Waals surface area contributed by atoms with Gasteiger partial charge in [-0.05, 0) is 70.9 Å². The van der Waals surface area contributed by atoms with Gasteiger partial charge in [0, 0.05) is 41.6 Å². The highest BCUT2D eigenvalue weighted by Gasteiger charge is 2.28. The molecular weight excluding hydrogens is 448 g/mol. The van der Waals surface area contributed by atoms with E-state index < -0.39 is 5.97 Å². The summed E-state index contributed by atoms with van der Waals surface area (Å²) in [5.41, 5.74) is 5.83. The van der Waals surface area contributed by atoms with Gasteiger partial charge in [0.2, 0.25) is 0 Å². The third kappa shape index (κ3) is 6.55. The predicted octanol–water partition coefficient (Wildman–Crippen LogP) is 5.97. The number of anilines is 1. The summed E-state index contributed by atoms with van der Waals surface area (Å²) in [5, 5.41) is 12.1. The van der Waals surface area contributed by atoms with E-state index in [1.807, 2.05) is 25.1 Å². The summed E-state index contributed by atoms with van der Waals surface area (Å²) < 4.78 is 6.27. The molecule has 1 heterocycles. The molecule has 2 aromatic carbocycles. The van der Waals surface area contributed by atoms with Crippen molar-refractivity contribution in [1.82, 2.24) is 0 Å². The van der Waals surface area contributed by atoms with E-state index in [2.05, 4.69) is 81.4 Å². The first-order chi connectivity index (χ1) is 17.4. The molecule has 0 amide bonds. The van der Waals surface area contributed by atoms with Crippen molar-refractivity contribution in [3.63, 3.8) is 0 Å². The number of carboxylic acid groups (broad SMARTS) is 1. The van der Waals surface area contributed by atoms with Crippen LogP contribution in [0.1, 0.15) is 61.2 Å². The third-order valence-corrected chi connectivity index (χ3v) is 6.09. The summed E-state index contributed by atoms with van der Waals surface area (Å²) in [6.45, 7) is 20.8. The number of quaternary nitrogens is 1. The van der Waals surface area contributed by atoms with Gasteiger partial charge in [0.15, 0.2) is 0 Å². The van der Waals surface area contributed by atoms with Crippen LogP contribution in [0.15, 0.2) is 79.1 Å². The standard InChI is InChI=1S/C25H25NO3.C4H11N.C2H4/c1-4-26(5-2)17-11-13-20-23(15-17)29-22-9-7-6-8-19(22)24(20)18-12-10-16(3)14-21(18)25(27)28;1-3-5-4-2;1-2/h6,8-15H,4-5,7H2,1-3H3,(H,27,28);5H,3-4H2,1-2H3;1-2H2/p+1. The first-order valence-electron chi connectivity index (χ1n) is 12.8. The molecule has 4 rings (SSSR count). The Morgan fingerprint density at radius 2 is 1.69 bits per heavy atom. The zero-order valence-corrected chi connectivity index (χ0v) is 22.4. The van der Waals surface area contributed by atoms with Crippen LogP contribution in [0.3, 0.4) is 0 Å². The minimum Gasteiger partial charge on any atom is -0.478 e. The third-order valence-electron chi connectivity index (χ3n) is 6.09. The van der Waals surface area contributed by atoms with Crippen LogP contribution in [0.2, 0.25) is 0 Å². The van der Waals surface area contributed by atoms with Gasteiger partial charge in [0.05, 0.1) is 18.7 Å². The maximum Gasteiger partial charge on any atom is 0.336 e. The van der Waals surface area contributed by atoms with E-state index >= 15 is 0 Å². The molecule has 1 aliphatic carbocycles. The Balaban J connectivity index is 0.000000583. The smallest absolute Gasteiger partial charge is 0.336 e. The van der Waals surface area contributed by atoms with Crippen molar-refractivity contribution >= 4 is 17.2 Å². The second-order valence-corrected chi connectivity index (χ2v) is 8.41. The second-order valence-electron chi connectivity index (χ2n) is 8.41. The van der Waals surface area contributed by atoms with E-state index in [9.17, 15) is 9.90 Å². The van der Waals surface area contributed by atoms with Gasteiger partial charge in [-0.1, -0.05) is 29.8 Å². The van der Waals surface area contributed by atoms with Gasteiger partial charge in [0.25, 0.3) is 0 Å². The minimum atomic E-state index is -0.921. The fourth-order valence-electron chi connectivity index (χ4n) is 4.34.